The van der Waals surface area contributed by atoms with Crippen molar-refractivity contribution in [2.75, 3.05) is 11.4 Å². The van der Waals surface area contributed by atoms with Crippen LogP contribution in [0.1, 0.15) is 18.6 Å². The van der Waals surface area contributed by atoms with Crippen LogP contribution in [0.3, 0.4) is 0 Å². The van der Waals surface area contributed by atoms with Crippen LogP contribution >= 0.6 is 11.6 Å². The normalized spacial score (nSPS) is 13.2. The van der Waals surface area contributed by atoms with E-state index in [1.54, 1.807) is 42.2 Å². The van der Waals surface area contributed by atoms with Gasteiger partial charge in [-0.1, -0.05) is 54.9 Å². The molecule has 0 bridgehead atoms. The number of aliphatic hydroxyl groups excluding tert-OH is 1. The zero-order chi connectivity index (χ0) is 16.8. The number of carbonyl (C=O) groups is 1. The van der Waals surface area contributed by atoms with Gasteiger partial charge in [-0.25, -0.2) is 0 Å². The molecule has 0 aliphatic heterocycles. The highest BCUT2D eigenvalue weighted by Gasteiger charge is 2.28. The third-order valence-corrected chi connectivity index (χ3v) is 3.97. The van der Waals surface area contributed by atoms with Gasteiger partial charge in [0.15, 0.2) is 0 Å². The number of aliphatic hydroxyl groups is 1. The molecule has 0 radical (unpaired) electrons. The lowest BCUT2D eigenvalue weighted by Gasteiger charge is -2.27. The number of para-hydroxylation sites is 1. The average Bonchev–Trinajstić information content (AvgIpc) is 2.59. The van der Waals surface area contributed by atoms with Crippen LogP contribution in [0.5, 0.6) is 0 Å². The van der Waals surface area contributed by atoms with Crippen molar-refractivity contribution in [3.05, 3.63) is 77.8 Å². The van der Waals surface area contributed by atoms with Gasteiger partial charge in [0, 0.05) is 17.3 Å². The first-order valence-electron chi connectivity index (χ1n) is 7.45. The molecule has 120 valence electrons. The molecule has 1 amide bonds. The summed E-state index contributed by atoms with van der Waals surface area (Å²) in [5, 5.41) is 11.1. The predicted molar refractivity (Wildman–Crippen MR) is 94.6 cm³/mol. The highest BCUT2D eigenvalue weighted by atomic mass is 35.5. The quantitative estimate of drug-likeness (QED) is 0.806. The second-order valence-electron chi connectivity index (χ2n) is 5.36. The molecule has 2 rings (SSSR count). The van der Waals surface area contributed by atoms with Crippen molar-refractivity contribution in [1.82, 2.24) is 0 Å². The van der Waals surface area contributed by atoms with Gasteiger partial charge in [-0.05, 0) is 29.8 Å². The fraction of sp³-hybridized carbons (Fsp3) is 0.211. The SMILES string of the molecule is C=CCN(C(=O)[C@H](C)[C@H](O)c1ccc(Cl)cc1)c1ccccc1. The van der Waals surface area contributed by atoms with E-state index in [0.29, 0.717) is 17.1 Å². The lowest BCUT2D eigenvalue weighted by molar-refractivity contribution is -0.125. The van der Waals surface area contributed by atoms with Crippen LogP contribution < -0.4 is 4.90 Å². The van der Waals surface area contributed by atoms with Crippen molar-refractivity contribution >= 4 is 23.2 Å². The monoisotopic (exact) mass is 329 g/mol. The number of carbonyl (C=O) groups excluding carboxylic acids is 1. The molecule has 1 N–H and O–H groups in total. The minimum absolute atomic E-state index is 0.154. The van der Waals surface area contributed by atoms with Crippen LogP contribution in [-0.2, 0) is 4.79 Å². The molecule has 0 saturated heterocycles. The molecule has 0 unspecified atom stereocenters. The standard InChI is InChI=1S/C19H20ClNO2/c1-3-13-21(17-7-5-4-6-8-17)19(23)14(2)18(22)15-9-11-16(20)12-10-15/h3-12,14,18,22H,1,13H2,2H3/t14-,18+/m1/s1. The van der Waals surface area contributed by atoms with Crippen LogP contribution in [0.25, 0.3) is 0 Å². The smallest absolute Gasteiger partial charge is 0.233 e. The van der Waals surface area contributed by atoms with E-state index in [1.165, 1.54) is 0 Å². The summed E-state index contributed by atoms with van der Waals surface area (Å²) in [6.07, 6.45) is 0.780. The number of halogens is 1. The zero-order valence-corrected chi connectivity index (χ0v) is 13.8. The number of amides is 1. The van der Waals surface area contributed by atoms with E-state index in [1.807, 2.05) is 30.3 Å². The first kappa shape index (κ1) is 17.3. The Hall–Kier alpha value is -2.10. The number of rotatable bonds is 6. The fourth-order valence-corrected chi connectivity index (χ4v) is 2.52. The van der Waals surface area contributed by atoms with Gasteiger partial charge in [0.05, 0.1) is 12.0 Å². The Kier molecular flexibility index (Phi) is 5.97. The topological polar surface area (TPSA) is 40.5 Å². The molecular weight excluding hydrogens is 310 g/mol. The lowest BCUT2D eigenvalue weighted by atomic mass is 9.96. The molecule has 0 aliphatic carbocycles. The van der Waals surface area contributed by atoms with Gasteiger partial charge in [0.1, 0.15) is 0 Å². The van der Waals surface area contributed by atoms with Crippen LogP contribution in [-0.4, -0.2) is 17.6 Å². The average molecular weight is 330 g/mol. The lowest BCUT2D eigenvalue weighted by Crippen LogP contribution is -2.37. The summed E-state index contributed by atoms with van der Waals surface area (Å²) in [5.41, 5.74) is 1.45. The number of benzene rings is 2. The summed E-state index contributed by atoms with van der Waals surface area (Å²) in [6, 6.07) is 16.2. The summed E-state index contributed by atoms with van der Waals surface area (Å²) >= 11 is 5.86. The maximum Gasteiger partial charge on any atom is 0.233 e. The maximum absolute atomic E-state index is 12.8. The van der Waals surface area contributed by atoms with Gasteiger partial charge < -0.3 is 10.0 Å². The molecule has 2 aromatic rings. The first-order valence-corrected chi connectivity index (χ1v) is 7.83. The molecule has 2 aromatic carbocycles. The van der Waals surface area contributed by atoms with Gasteiger partial charge in [0.25, 0.3) is 0 Å². The Bertz CT molecular complexity index is 655. The van der Waals surface area contributed by atoms with Crippen LogP contribution in [0.15, 0.2) is 67.3 Å². The van der Waals surface area contributed by atoms with E-state index in [0.717, 1.165) is 5.69 Å². The second-order valence-corrected chi connectivity index (χ2v) is 5.79. The Balaban J connectivity index is 2.21. The van der Waals surface area contributed by atoms with E-state index in [2.05, 4.69) is 6.58 Å². The fourth-order valence-electron chi connectivity index (χ4n) is 2.39. The molecule has 0 saturated carbocycles. The number of hydrogen-bond donors (Lipinski definition) is 1. The van der Waals surface area contributed by atoms with Crippen molar-refractivity contribution in [3.8, 4) is 0 Å². The molecule has 0 aliphatic rings. The highest BCUT2D eigenvalue weighted by molar-refractivity contribution is 6.30. The summed E-state index contributed by atoms with van der Waals surface area (Å²) in [5.74, 6) is -0.741. The van der Waals surface area contributed by atoms with Crippen molar-refractivity contribution in [2.45, 2.75) is 13.0 Å². The van der Waals surface area contributed by atoms with Crippen molar-refractivity contribution < 1.29 is 9.90 Å². The Labute approximate surface area is 141 Å². The molecular formula is C19H20ClNO2. The molecule has 0 spiro atoms. The predicted octanol–water partition coefficient (Wildman–Crippen LogP) is 4.23. The van der Waals surface area contributed by atoms with Gasteiger partial charge in [0.2, 0.25) is 5.91 Å². The van der Waals surface area contributed by atoms with Crippen LogP contribution in [0.4, 0.5) is 5.69 Å². The van der Waals surface area contributed by atoms with Gasteiger partial charge >= 0.3 is 0 Å². The highest BCUT2D eigenvalue weighted by Crippen LogP contribution is 2.26. The van der Waals surface area contributed by atoms with Crippen molar-refractivity contribution in [3.63, 3.8) is 0 Å². The van der Waals surface area contributed by atoms with Gasteiger partial charge in [-0.3, -0.25) is 4.79 Å². The van der Waals surface area contributed by atoms with Gasteiger partial charge in [-0.2, -0.15) is 0 Å². The largest absolute Gasteiger partial charge is 0.388 e. The number of hydrogen-bond acceptors (Lipinski definition) is 2. The Morgan fingerprint density at radius 3 is 2.39 bits per heavy atom. The number of anilines is 1. The Morgan fingerprint density at radius 1 is 1.22 bits per heavy atom. The molecule has 23 heavy (non-hydrogen) atoms. The molecule has 3 nitrogen and oxygen atoms in total. The van der Waals surface area contributed by atoms with E-state index in [4.69, 9.17) is 11.6 Å². The summed E-state index contributed by atoms with van der Waals surface area (Å²) in [6.45, 7) is 5.82. The minimum atomic E-state index is -0.893. The molecule has 4 heteroatoms. The molecule has 2 atom stereocenters. The molecule has 0 aromatic heterocycles. The maximum atomic E-state index is 12.8. The third kappa shape index (κ3) is 4.21. The van der Waals surface area contributed by atoms with Crippen LogP contribution in [0, 0.1) is 5.92 Å². The number of nitrogens with zero attached hydrogens (tertiary/aromatic N) is 1. The Morgan fingerprint density at radius 2 is 1.83 bits per heavy atom. The summed E-state index contributed by atoms with van der Waals surface area (Å²) in [4.78, 5) is 14.4. The molecule has 0 fully saturated rings. The third-order valence-electron chi connectivity index (χ3n) is 3.72. The van der Waals surface area contributed by atoms with Crippen molar-refractivity contribution in [2.24, 2.45) is 5.92 Å². The van der Waals surface area contributed by atoms with E-state index >= 15 is 0 Å². The zero-order valence-electron chi connectivity index (χ0n) is 13.0. The van der Waals surface area contributed by atoms with E-state index in [-0.39, 0.29) is 5.91 Å². The van der Waals surface area contributed by atoms with Crippen molar-refractivity contribution in [1.29, 1.82) is 0 Å². The summed E-state index contributed by atoms with van der Waals surface area (Å²) in [7, 11) is 0. The minimum Gasteiger partial charge on any atom is -0.388 e. The first-order chi connectivity index (χ1) is 11.0. The molecule has 0 heterocycles. The van der Waals surface area contributed by atoms with E-state index < -0.39 is 12.0 Å². The summed E-state index contributed by atoms with van der Waals surface area (Å²) < 4.78 is 0. The second kappa shape index (κ2) is 7.95. The van der Waals surface area contributed by atoms with Crippen LogP contribution in [0.2, 0.25) is 5.02 Å². The van der Waals surface area contributed by atoms with Gasteiger partial charge in [-0.15, -0.1) is 6.58 Å². The van der Waals surface area contributed by atoms with E-state index in [9.17, 15) is 9.90 Å².